The minimum Gasteiger partial charge on any atom is -0.338 e. The van der Waals surface area contributed by atoms with E-state index in [4.69, 9.17) is 0 Å². The number of carbonyl (C=O) groups excluding carboxylic acids is 1. The predicted octanol–water partition coefficient (Wildman–Crippen LogP) is 3.38. The molecule has 1 fully saturated rings. The van der Waals surface area contributed by atoms with Crippen LogP contribution in [0.1, 0.15) is 28.8 Å². The molecule has 2 rings (SSSR count). The highest BCUT2D eigenvalue weighted by Gasteiger charge is 2.24. The van der Waals surface area contributed by atoms with Gasteiger partial charge in [0, 0.05) is 24.0 Å². The van der Waals surface area contributed by atoms with Crippen LogP contribution in [0.25, 0.3) is 0 Å². The maximum Gasteiger partial charge on any atom is 0.253 e. The van der Waals surface area contributed by atoms with Crippen LogP contribution >= 0.6 is 15.9 Å². The third kappa shape index (κ3) is 2.91. The van der Waals surface area contributed by atoms with Gasteiger partial charge in [-0.1, -0.05) is 22.0 Å². The summed E-state index contributed by atoms with van der Waals surface area (Å²) >= 11 is 3.47. The van der Waals surface area contributed by atoms with Crippen LogP contribution in [-0.2, 0) is 0 Å². The zero-order chi connectivity index (χ0) is 13.1. The molecular weight excluding hydrogens is 297 g/mol. The molecule has 0 saturated carbocycles. The van der Waals surface area contributed by atoms with Crippen molar-refractivity contribution < 1.29 is 9.18 Å². The van der Waals surface area contributed by atoms with E-state index in [0.29, 0.717) is 17.0 Å². The SMILES string of the molecule is Cc1ccc(C(=O)N2CCCC(CBr)C2)cc1F. The van der Waals surface area contributed by atoms with Gasteiger partial charge in [0.1, 0.15) is 5.82 Å². The highest BCUT2D eigenvalue weighted by molar-refractivity contribution is 9.09. The number of hydrogen-bond acceptors (Lipinski definition) is 1. The minimum atomic E-state index is -0.310. The van der Waals surface area contributed by atoms with E-state index in [2.05, 4.69) is 15.9 Å². The van der Waals surface area contributed by atoms with E-state index in [9.17, 15) is 9.18 Å². The lowest BCUT2D eigenvalue weighted by molar-refractivity contribution is 0.0685. The van der Waals surface area contributed by atoms with Gasteiger partial charge in [-0.25, -0.2) is 4.39 Å². The fourth-order valence-corrected chi connectivity index (χ4v) is 2.81. The summed E-state index contributed by atoms with van der Waals surface area (Å²) in [6, 6.07) is 4.71. The third-order valence-electron chi connectivity index (χ3n) is 3.44. The fourth-order valence-electron chi connectivity index (χ4n) is 2.28. The molecule has 1 saturated heterocycles. The molecule has 0 radical (unpaired) electrons. The summed E-state index contributed by atoms with van der Waals surface area (Å²) in [6.07, 6.45) is 2.17. The zero-order valence-corrected chi connectivity index (χ0v) is 12.0. The van der Waals surface area contributed by atoms with Crippen LogP contribution in [0.15, 0.2) is 18.2 Å². The first-order valence-electron chi connectivity index (χ1n) is 6.23. The lowest BCUT2D eigenvalue weighted by atomic mass is 9.99. The highest BCUT2D eigenvalue weighted by atomic mass is 79.9. The second-order valence-electron chi connectivity index (χ2n) is 4.88. The van der Waals surface area contributed by atoms with Crippen molar-refractivity contribution in [3.63, 3.8) is 0 Å². The molecule has 1 atom stereocenters. The van der Waals surface area contributed by atoms with E-state index in [0.717, 1.165) is 31.3 Å². The molecule has 4 heteroatoms. The van der Waals surface area contributed by atoms with E-state index in [1.165, 1.54) is 6.07 Å². The Balaban J connectivity index is 2.12. The predicted molar refractivity (Wildman–Crippen MR) is 73.6 cm³/mol. The van der Waals surface area contributed by atoms with E-state index >= 15 is 0 Å². The second-order valence-corrected chi connectivity index (χ2v) is 5.53. The minimum absolute atomic E-state index is 0.0560. The van der Waals surface area contributed by atoms with Crippen molar-refractivity contribution in [2.75, 3.05) is 18.4 Å². The molecule has 18 heavy (non-hydrogen) atoms. The molecule has 0 aromatic heterocycles. The molecule has 0 spiro atoms. The molecule has 98 valence electrons. The van der Waals surface area contributed by atoms with Crippen molar-refractivity contribution in [2.45, 2.75) is 19.8 Å². The molecule has 1 aliphatic rings. The van der Waals surface area contributed by atoms with Crippen LogP contribution in [0.3, 0.4) is 0 Å². The molecule has 1 aromatic carbocycles. The number of benzene rings is 1. The Kier molecular flexibility index (Phi) is 4.38. The van der Waals surface area contributed by atoms with Gasteiger partial charge >= 0.3 is 0 Å². The van der Waals surface area contributed by atoms with Crippen molar-refractivity contribution >= 4 is 21.8 Å². The number of halogens is 2. The van der Waals surface area contributed by atoms with Crippen LogP contribution in [0.2, 0.25) is 0 Å². The molecule has 0 N–H and O–H groups in total. The molecule has 0 aliphatic carbocycles. The molecule has 1 aliphatic heterocycles. The van der Waals surface area contributed by atoms with Gasteiger partial charge < -0.3 is 4.90 Å². The Morgan fingerprint density at radius 1 is 1.56 bits per heavy atom. The number of piperidine rings is 1. The van der Waals surface area contributed by atoms with Gasteiger partial charge in [-0.2, -0.15) is 0 Å². The molecule has 1 amide bonds. The summed E-state index contributed by atoms with van der Waals surface area (Å²) in [4.78, 5) is 14.1. The fraction of sp³-hybridized carbons (Fsp3) is 0.500. The molecule has 0 bridgehead atoms. The van der Waals surface area contributed by atoms with Crippen molar-refractivity contribution in [3.8, 4) is 0 Å². The van der Waals surface area contributed by atoms with Crippen molar-refractivity contribution in [1.82, 2.24) is 4.90 Å². The summed E-state index contributed by atoms with van der Waals surface area (Å²) in [5, 5.41) is 0.916. The summed E-state index contributed by atoms with van der Waals surface area (Å²) in [5.41, 5.74) is 1.02. The van der Waals surface area contributed by atoms with Gasteiger partial charge in [0.25, 0.3) is 5.91 Å². The smallest absolute Gasteiger partial charge is 0.253 e. The standard InChI is InChI=1S/C14H17BrFNO/c1-10-4-5-12(7-13(10)16)14(18)17-6-2-3-11(8-15)9-17/h4-5,7,11H,2-3,6,8-9H2,1H3. The average Bonchev–Trinajstić information content (AvgIpc) is 2.41. The number of likely N-dealkylation sites (tertiary alicyclic amines) is 1. The summed E-state index contributed by atoms with van der Waals surface area (Å²) < 4.78 is 13.5. The number of alkyl halides is 1. The quantitative estimate of drug-likeness (QED) is 0.766. The molecule has 2 nitrogen and oxygen atoms in total. The molecule has 1 unspecified atom stereocenters. The Morgan fingerprint density at radius 2 is 2.33 bits per heavy atom. The zero-order valence-electron chi connectivity index (χ0n) is 10.5. The first-order valence-corrected chi connectivity index (χ1v) is 7.35. The Labute approximate surface area is 115 Å². The van der Waals surface area contributed by atoms with Crippen molar-refractivity contribution in [1.29, 1.82) is 0 Å². The van der Waals surface area contributed by atoms with Gasteiger partial charge in [0.05, 0.1) is 0 Å². The Hall–Kier alpha value is -0.900. The maximum absolute atomic E-state index is 13.5. The summed E-state index contributed by atoms with van der Waals surface area (Å²) in [7, 11) is 0. The normalized spacial score (nSPS) is 19.9. The van der Waals surface area contributed by atoms with Gasteiger partial charge in [0.2, 0.25) is 0 Å². The number of amides is 1. The Morgan fingerprint density at radius 3 is 3.00 bits per heavy atom. The summed E-state index contributed by atoms with van der Waals surface area (Å²) in [6.45, 7) is 3.24. The largest absolute Gasteiger partial charge is 0.338 e. The number of nitrogens with zero attached hydrogens (tertiary/aromatic N) is 1. The van der Waals surface area contributed by atoms with Gasteiger partial charge in [-0.3, -0.25) is 4.79 Å². The maximum atomic E-state index is 13.5. The van der Waals surface area contributed by atoms with E-state index in [1.807, 2.05) is 4.90 Å². The number of rotatable bonds is 2. The lowest BCUT2D eigenvalue weighted by Gasteiger charge is -2.32. The topological polar surface area (TPSA) is 20.3 Å². The van der Waals surface area contributed by atoms with E-state index in [-0.39, 0.29) is 11.7 Å². The van der Waals surface area contributed by atoms with E-state index in [1.54, 1.807) is 19.1 Å². The van der Waals surface area contributed by atoms with Crippen LogP contribution in [0.5, 0.6) is 0 Å². The van der Waals surface area contributed by atoms with Crippen molar-refractivity contribution in [2.24, 2.45) is 5.92 Å². The van der Waals surface area contributed by atoms with Gasteiger partial charge in [-0.15, -0.1) is 0 Å². The molecule has 1 heterocycles. The van der Waals surface area contributed by atoms with Crippen LogP contribution in [-0.4, -0.2) is 29.2 Å². The second kappa shape index (κ2) is 5.83. The number of hydrogen-bond donors (Lipinski definition) is 0. The Bertz CT molecular complexity index is 449. The lowest BCUT2D eigenvalue weighted by Crippen LogP contribution is -2.40. The number of carbonyl (C=O) groups is 1. The number of aryl methyl sites for hydroxylation is 1. The van der Waals surface area contributed by atoms with Crippen LogP contribution in [0, 0.1) is 18.7 Å². The van der Waals surface area contributed by atoms with Crippen LogP contribution in [0.4, 0.5) is 4.39 Å². The summed E-state index contributed by atoms with van der Waals surface area (Å²) in [5.74, 6) is 0.146. The average molecular weight is 314 g/mol. The van der Waals surface area contributed by atoms with E-state index < -0.39 is 0 Å². The van der Waals surface area contributed by atoms with Crippen molar-refractivity contribution in [3.05, 3.63) is 35.1 Å². The van der Waals surface area contributed by atoms with Gasteiger partial charge in [-0.05, 0) is 43.4 Å². The third-order valence-corrected chi connectivity index (χ3v) is 4.36. The monoisotopic (exact) mass is 313 g/mol. The van der Waals surface area contributed by atoms with Crippen LogP contribution < -0.4 is 0 Å². The molecular formula is C14H17BrFNO. The molecule has 1 aromatic rings. The highest BCUT2D eigenvalue weighted by Crippen LogP contribution is 2.20. The first kappa shape index (κ1) is 13.5. The van der Waals surface area contributed by atoms with Gasteiger partial charge in [0.15, 0.2) is 0 Å². The first-order chi connectivity index (χ1) is 8.61.